The molecule has 15 nitrogen and oxygen atoms in total. The monoisotopic (exact) mass is 747 g/mol. The van der Waals surface area contributed by atoms with E-state index in [4.69, 9.17) is 4.74 Å². The molecular formula is C40H45N9O6. The van der Waals surface area contributed by atoms with Gasteiger partial charge in [-0.25, -0.2) is 4.79 Å². The van der Waals surface area contributed by atoms with E-state index in [2.05, 4.69) is 32.8 Å². The van der Waals surface area contributed by atoms with E-state index in [0.717, 1.165) is 52.4 Å². The molecule has 55 heavy (non-hydrogen) atoms. The number of fused-ring (bicyclic) bond motifs is 2. The molecule has 2 aliphatic heterocycles. The van der Waals surface area contributed by atoms with Crippen LogP contribution < -0.4 is 11.0 Å². The third-order valence-corrected chi connectivity index (χ3v) is 11.3. The largest absolute Gasteiger partial charge is 0.378 e. The molecule has 4 amide bonds. The average molecular weight is 748 g/mol. The highest BCUT2D eigenvalue weighted by Crippen LogP contribution is 2.40. The maximum Gasteiger partial charge on any atom is 0.329 e. The molecule has 15 heteroatoms. The molecule has 1 saturated heterocycles. The van der Waals surface area contributed by atoms with Crippen LogP contribution in [0.3, 0.4) is 0 Å². The Morgan fingerprint density at radius 3 is 2.71 bits per heavy atom. The fourth-order valence-corrected chi connectivity index (χ4v) is 8.03. The summed E-state index contributed by atoms with van der Waals surface area (Å²) in [5.74, 6) is -0.439. The number of hydrogen-bond donors (Lipinski definition) is 2. The summed E-state index contributed by atoms with van der Waals surface area (Å²) in [5.41, 5.74) is 5.83. The molecule has 1 saturated carbocycles. The third kappa shape index (κ3) is 7.35. The van der Waals surface area contributed by atoms with Crippen LogP contribution in [0.5, 0.6) is 0 Å². The molecule has 2 aromatic carbocycles. The van der Waals surface area contributed by atoms with E-state index < -0.39 is 11.9 Å². The fraction of sp³-hybridized carbons (Fsp3) is 0.425. The second kappa shape index (κ2) is 15.1. The van der Waals surface area contributed by atoms with Crippen LogP contribution in [-0.2, 0) is 32.7 Å². The van der Waals surface area contributed by atoms with Crippen molar-refractivity contribution in [3.05, 3.63) is 88.2 Å². The van der Waals surface area contributed by atoms with E-state index in [0.29, 0.717) is 69.2 Å². The van der Waals surface area contributed by atoms with Gasteiger partial charge in [0.1, 0.15) is 11.7 Å². The number of H-pyrrole nitrogens is 1. The lowest BCUT2D eigenvalue weighted by Gasteiger charge is -2.35. The number of nitrogens with one attached hydrogen (secondary N) is 2. The molecule has 0 spiro atoms. The van der Waals surface area contributed by atoms with Crippen LogP contribution in [0.2, 0.25) is 0 Å². The maximum absolute atomic E-state index is 13.4. The van der Waals surface area contributed by atoms with Crippen molar-refractivity contribution in [2.75, 3.05) is 33.3 Å². The quantitative estimate of drug-likeness (QED) is 0.144. The number of imide groups is 1. The number of benzene rings is 2. The summed E-state index contributed by atoms with van der Waals surface area (Å²) in [5, 5.41) is 11.0. The van der Waals surface area contributed by atoms with Crippen LogP contribution in [0.1, 0.15) is 78.5 Å². The van der Waals surface area contributed by atoms with Crippen molar-refractivity contribution < 1.29 is 23.9 Å². The maximum atomic E-state index is 13.4. The van der Waals surface area contributed by atoms with Crippen LogP contribution in [-0.4, -0.2) is 102 Å². The molecule has 8 rings (SSSR count). The van der Waals surface area contributed by atoms with Crippen molar-refractivity contribution in [3.63, 3.8) is 0 Å². The minimum absolute atomic E-state index is 0.0845. The van der Waals surface area contributed by atoms with Gasteiger partial charge in [0.2, 0.25) is 17.7 Å². The van der Waals surface area contributed by atoms with Gasteiger partial charge in [-0.05, 0) is 79.0 Å². The van der Waals surface area contributed by atoms with Gasteiger partial charge in [-0.1, -0.05) is 29.5 Å². The molecule has 0 radical (unpaired) electrons. The van der Waals surface area contributed by atoms with Crippen molar-refractivity contribution in [2.45, 2.75) is 69.6 Å². The van der Waals surface area contributed by atoms with Crippen molar-refractivity contribution >= 4 is 51.1 Å². The van der Waals surface area contributed by atoms with Gasteiger partial charge in [-0.15, -0.1) is 5.10 Å². The topological polar surface area (TPSA) is 169 Å². The summed E-state index contributed by atoms with van der Waals surface area (Å²) in [6.07, 6.45) is 9.79. The SMILES string of the molecule is CN(CCCOC1CC(c2ccc3c(c2)n(C)c(=O)n3C2CCC(=O)NC2=O)C1)C(=O)c1cc2ccc(C3=CCCN(C(=O)CCn4ccnn4)C3)cc2[nH]1. The van der Waals surface area contributed by atoms with Crippen LogP contribution in [0.25, 0.3) is 27.5 Å². The highest BCUT2D eigenvalue weighted by atomic mass is 16.5. The van der Waals surface area contributed by atoms with Crippen molar-refractivity contribution in [1.82, 2.24) is 44.2 Å². The van der Waals surface area contributed by atoms with E-state index in [9.17, 15) is 24.0 Å². The minimum atomic E-state index is -0.703. The molecule has 1 atom stereocenters. The molecule has 1 aliphatic carbocycles. The molecule has 2 fully saturated rings. The number of ether oxygens (including phenoxy) is 1. The summed E-state index contributed by atoms with van der Waals surface area (Å²) < 4.78 is 10.9. The lowest BCUT2D eigenvalue weighted by Crippen LogP contribution is -2.44. The molecule has 3 aromatic heterocycles. The van der Waals surface area contributed by atoms with Gasteiger partial charge >= 0.3 is 5.69 Å². The summed E-state index contributed by atoms with van der Waals surface area (Å²) in [4.78, 5) is 70.5. The van der Waals surface area contributed by atoms with Crippen molar-refractivity contribution in [2.24, 2.45) is 7.05 Å². The Hall–Kier alpha value is -5.83. The highest BCUT2D eigenvalue weighted by Gasteiger charge is 2.34. The predicted molar refractivity (Wildman–Crippen MR) is 204 cm³/mol. The zero-order chi connectivity index (χ0) is 38.2. The van der Waals surface area contributed by atoms with E-state index in [1.807, 2.05) is 41.3 Å². The Morgan fingerprint density at radius 2 is 1.91 bits per heavy atom. The highest BCUT2D eigenvalue weighted by molar-refractivity contribution is 6.00. The smallest absolute Gasteiger partial charge is 0.329 e. The second-order valence-electron chi connectivity index (χ2n) is 14.9. The van der Waals surface area contributed by atoms with Crippen LogP contribution >= 0.6 is 0 Å². The van der Waals surface area contributed by atoms with Gasteiger partial charge in [-0.3, -0.25) is 38.3 Å². The zero-order valence-electron chi connectivity index (χ0n) is 31.1. The predicted octanol–water partition coefficient (Wildman–Crippen LogP) is 3.52. The van der Waals surface area contributed by atoms with Crippen LogP contribution in [0.4, 0.5) is 0 Å². The molecular weight excluding hydrogens is 702 g/mol. The number of aryl methyl sites for hydroxylation is 2. The number of amides is 4. The summed E-state index contributed by atoms with van der Waals surface area (Å²) >= 11 is 0. The molecule has 2 N–H and O–H groups in total. The molecule has 1 unspecified atom stereocenters. The summed E-state index contributed by atoms with van der Waals surface area (Å²) in [6, 6.07) is 13.2. The van der Waals surface area contributed by atoms with E-state index >= 15 is 0 Å². The Balaban J connectivity index is 0.800. The Bertz CT molecular complexity index is 2360. The first kappa shape index (κ1) is 36.2. The molecule has 286 valence electrons. The van der Waals surface area contributed by atoms with Gasteiger partial charge in [0, 0.05) is 70.3 Å². The number of imidazole rings is 1. The van der Waals surface area contributed by atoms with E-state index in [1.54, 1.807) is 40.6 Å². The second-order valence-corrected chi connectivity index (χ2v) is 14.9. The van der Waals surface area contributed by atoms with Gasteiger partial charge in [0.05, 0.1) is 29.9 Å². The third-order valence-electron chi connectivity index (χ3n) is 11.3. The average Bonchev–Trinajstić information content (AvgIpc) is 3.91. The number of carbonyl (C=O) groups is 4. The first-order chi connectivity index (χ1) is 26.6. The molecule has 5 heterocycles. The summed E-state index contributed by atoms with van der Waals surface area (Å²) in [7, 11) is 3.51. The van der Waals surface area contributed by atoms with Gasteiger partial charge in [0.25, 0.3) is 5.91 Å². The zero-order valence-corrected chi connectivity index (χ0v) is 31.1. The van der Waals surface area contributed by atoms with Gasteiger partial charge < -0.3 is 19.5 Å². The summed E-state index contributed by atoms with van der Waals surface area (Å²) in [6.45, 7) is 2.83. The lowest BCUT2D eigenvalue weighted by molar-refractivity contribution is -0.136. The molecule has 0 bridgehead atoms. The van der Waals surface area contributed by atoms with Crippen LogP contribution in [0, 0.1) is 0 Å². The number of aromatic nitrogens is 6. The van der Waals surface area contributed by atoms with Crippen molar-refractivity contribution in [3.8, 4) is 0 Å². The number of aromatic amines is 1. The van der Waals surface area contributed by atoms with Crippen LogP contribution in [0.15, 0.2) is 65.7 Å². The van der Waals surface area contributed by atoms with E-state index in [1.165, 1.54) is 4.57 Å². The molecule has 5 aromatic rings. The number of rotatable bonds is 12. The first-order valence-corrected chi connectivity index (χ1v) is 19.0. The van der Waals surface area contributed by atoms with Gasteiger partial charge in [0.15, 0.2) is 0 Å². The first-order valence-electron chi connectivity index (χ1n) is 19.0. The Labute approximate surface area is 316 Å². The van der Waals surface area contributed by atoms with Crippen molar-refractivity contribution in [1.29, 1.82) is 0 Å². The lowest BCUT2D eigenvalue weighted by atomic mass is 9.77. The minimum Gasteiger partial charge on any atom is -0.378 e. The normalized spacial score (nSPS) is 20.1. The number of carbonyl (C=O) groups excluding carboxylic acids is 4. The Kier molecular flexibility index (Phi) is 9.95. The Morgan fingerprint density at radius 1 is 1.05 bits per heavy atom. The standard InChI is InChI=1S/C40H45N9O6/c1-45(39(53)32-22-27-7-6-25(21-31(27)42-32)28-5-3-15-47(24-28)37(51)12-16-48-17-13-41-44-48)14-4-18-55-30-19-29(20-30)26-8-9-33-35(23-26)46(2)40(54)49(33)34-10-11-36(50)43-38(34)52/h5-9,13,17,21-23,29-30,34,42H,3-4,10-12,14-16,18-20,24H2,1-2H3,(H,43,50,52). The van der Waals surface area contributed by atoms with E-state index in [-0.39, 0.29) is 35.9 Å². The van der Waals surface area contributed by atoms with Gasteiger partial charge in [-0.2, -0.15) is 0 Å². The number of hydrogen-bond acceptors (Lipinski definition) is 8. The number of piperidine rings is 1. The molecule has 3 aliphatic rings. The number of nitrogens with zero attached hydrogens (tertiary/aromatic N) is 7. The fourth-order valence-electron chi connectivity index (χ4n) is 8.03.